The summed E-state index contributed by atoms with van der Waals surface area (Å²) in [5, 5.41) is 0. The summed E-state index contributed by atoms with van der Waals surface area (Å²) in [5.74, 6) is 0. The molecule has 1 aliphatic heterocycles. The molecule has 1 fully saturated rings. The highest BCUT2D eigenvalue weighted by atomic mass is 16.1. The molecule has 0 aromatic heterocycles. The lowest BCUT2D eigenvalue weighted by Crippen LogP contribution is -2.45. The number of piperazine rings is 1. The third-order valence-corrected chi connectivity index (χ3v) is 3.81. The highest BCUT2D eigenvalue weighted by molar-refractivity contribution is 5.75. The molecule has 0 aliphatic carbocycles. The molecular weight excluding hydrogens is 224 g/mol. The van der Waals surface area contributed by atoms with Crippen LogP contribution in [0.15, 0.2) is 18.2 Å². The molecule has 1 aromatic carbocycles. The summed E-state index contributed by atoms with van der Waals surface area (Å²) >= 11 is 0. The van der Waals surface area contributed by atoms with Crippen LogP contribution in [-0.2, 0) is 6.54 Å². The van der Waals surface area contributed by atoms with Gasteiger partial charge in [0.25, 0.3) is 0 Å². The molecular formula is C15H22N2O. The van der Waals surface area contributed by atoms with Gasteiger partial charge in [-0.25, -0.2) is 0 Å². The van der Waals surface area contributed by atoms with Gasteiger partial charge in [0, 0.05) is 38.3 Å². The summed E-state index contributed by atoms with van der Waals surface area (Å²) in [4.78, 5) is 15.7. The SMILES string of the molecule is CCN1CCN(Cc2ccc(C=O)cc2C)CC1. The molecule has 18 heavy (non-hydrogen) atoms. The van der Waals surface area contributed by atoms with Crippen LogP contribution >= 0.6 is 0 Å². The Morgan fingerprint density at radius 1 is 1.17 bits per heavy atom. The van der Waals surface area contributed by atoms with E-state index < -0.39 is 0 Å². The first-order chi connectivity index (χ1) is 8.72. The van der Waals surface area contributed by atoms with Gasteiger partial charge < -0.3 is 4.90 Å². The lowest BCUT2D eigenvalue weighted by Gasteiger charge is -2.34. The van der Waals surface area contributed by atoms with Gasteiger partial charge in [-0.3, -0.25) is 9.69 Å². The number of carbonyl (C=O) groups is 1. The molecule has 0 amide bonds. The number of benzene rings is 1. The molecule has 0 saturated carbocycles. The van der Waals surface area contributed by atoms with Crippen LogP contribution in [0.4, 0.5) is 0 Å². The van der Waals surface area contributed by atoms with E-state index in [0.717, 1.165) is 38.0 Å². The van der Waals surface area contributed by atoms with E-state index in [2.05, 4.69) is 29.7 Å². The van der Waals surface area contributed by atoms with Crippen LogP contribution in [0.3, 0.4) is 0 Å². The molecule has 0 N–H and O–H groups in total. The van der Waals surface area contributed by atoms with Crippen molar-refractivity contribution >= 4 is 6.29 Å². The number of aryl methyl sites for hydroxylation is 1. The van der Waals surface area contributed by atoms with Crippen molar-refractivity contribution in [3.63, 3.8) is 0 Å². The fourth-order valence-electron chi connectivity index (χ4n) is 2.47. The zero-order valence-electron chi connectivity index (χ0n) is 11.4. The molecule has 1 aliphatic rings. The second-order valence-electron chi connectivity index (χ2n) is 5.01. The van der Waals surface area contributed by atoms with Gasteiger partial charge in [0.05, 0.1) is 0 Å². The largest absolute Gasteiger partial charge is 0.301 e. The lowest BCUT2D eigenvalue weighted by atomic mass is 10.0. The Bertz CT molecular complexity index is 409. The fraction of sp³-hybridized carbons (Fsp3) is 0.533. The van der Waals surface area contributed by atoms with Crippen molar-refractivity contribution in [2.75, 3.05) is 32.7 Å². The highest BCUT2D eigenvalue weighted by Gasteiger charge is 2.15. The van der Waals surface area contributed by atoms with Crippen molar-refractivity contribution in [3.8, 4) is 0 Å². The Morgan fingerprint density at radius 3 is 2.39 bits per heavy atom. The second-order valence-corrected chi connectivity index (χ2v) is 5.01. The zero-order valence-corrected chi connectivity index (χ0v) is 11.4. The van der Waals surface area contributed by atoms with Crippen molar-refractivity contribution in [1.82, 2.24) is 9.80 Å². The highest BCUT2D eigenvalue weighted by Crippen LogP contribution is 2.14. The molecule has 3 nitrogen and oxygen atoms in total. The number of aldehydes is 1. The van der Waals surface area contributed by atoms with Crippen LogP contribution in [0.25, 0.3) is 0 Å². The third kappa shape index (κ3) is 3.18. The topological polar surface area (TPSA) is 23.6 Å². The third-order valence-electron chi connectivity index (χ3n) is 3.81. The second kappa shape index (κ2) is 6.12. The average molecular weight is 246 g/mol. The molecule has 2 rings (SSSR count). The van der Waals surface area contributed by atoms with Gasteiger partial charge in [0.15, 0.2) is 0 Å². The van der Waals surface area contributed by atoms with Gasteiger partial charge in [-0.05, 0) is 30.7 Å². The molecule has 0 spiro atoms. The molecule has 1 saturated heterocycles. The lowest BCUT2D eigenvalue weighted by molar-refractivity contribution is 0.112. The van der Waals surface area contributed by atoms with Crippen molar-refractivity contribution in [3.05, 3.63) is 34.9 Å². The number of hydrogen-bond acceptors (Lipinski definition) is 3. The van der Waals surface area contributed by atoms with E-state index in [-0.39, 0.29) is 0 Å². The first-order valence-electron chi connectivity index (χ1n) is 6.72. The monoisotopic (exact) mass is 246 g/mol. The smallest absolute Gasteiger partial charge is 0.150 e. The Balaban J connectivity index is 1.96. The summed E-state index contributed by atoms with van der Waals surface area (Å²) in [7, 11) is 0. The Kier molecular flexibility index (Phi) is 4.50. The number of nitrogens with zero attached hydrogens (tertiary/aromatic N) is 2. The Morgan fingerprint density at radius 2 is 1.83 bits per heavy atom. The summed E-state index contributed by atoms with van der Waals surface area (Å²) < 4.78 is 0. The zero-order chi connectivity index (χ0) is 13.0. The molecule has 1 aromatic rings. The predicted molar refractivity (Wildman–Crippen MR) is 74.0 cm³/mol. The van der Waals surface area contributed by atoms with Crippen molar-refractivity contribution in [2.45, 2.75) is 20.4 Å². The van der Waals surface area contributed by atoms with Gasteiger partial charge in [0.1, 0.15) is 6.29 Å². The maximum absolute atomic E-state index is 10.7. The van der Waals surface area contributed by atoms with E-state index in [1.807, 2.05) is 12.1 Å². The summed E-state index contributed by atoms with van der Waals surface area (Å²) in [6.07, 6.45) is 0.913. The normalized spacial score (nSPS) is 17.9. The first-order valence-corrected chi connectivity index (χ1v) is 6.72. The number of hydrogen-bond donors (Lipinski definition) is 0. The molecule has 98 valence electrons. The molecule has 0 unspecified atom stereocenters. The molecule has 0 atom stereocenters. The van der Waals surface area contributed by atoms with Crippen molar-refractivity contribution in [2.24, 2.45) is 0 Å². The average Bonchev–Trinajstić information content (AvgIpc) is 2.42. The van der Waals surface area contributed by atoms with Crippen LogP contribution in [0, 0.1) is 6.92 Å². The van der Waals surface area contributed by atoms with E-state index in [1.54, 1.807) is 0 Å². The maximum Gasteiger partial charge on any atom is 0.150 e. The Labute approximate surface area is 109 Å². The van der Waals surface area contributed by atoms with E-state index in [1.165, 1.54) is 24.2 Å². The van der Waals surface area contributed by atoms with Crippen LogP contribution in [0.5, 0.6) is 0 Å². The van der Waals surface area contributed by atoms with Gasteiger partial charge in [-0.2, -0.15) is 0 Å². The van der Waals surface area contributed by atoms with Gasteiger partial charge in [-0.15, -0.1) is 0 Å². The van der Waals surface area contributed by atoms with E-state index in [9.17, 15) is 4.79 Å². The minimum absolute atomic E-state index is 0.770. The van der Waals surface area contributed by atoms with Gasteiger partial charge in [-0.1, -0.05) is 19.1 Å². The Hall–Kier alpha value is -1.19. The van der Waals surface area contributed by atoms with Crippen LogP contribution in [-0.4, -0.2) is 48.8 Å². The first kappa shape index (κ1) is 13.2. The van der Waals surface area contributed by atoms with Crippen LogP contribution in [0.2, 0.25) is 0 Å². The van der Waals surface area contributed by atoms with E-state index in [0.29, 0.717) is 0 Å². The summed E-state index contributed by atoms with van der Waals surface area (Å²) in [6.45, 7) is 11.1. The molecule has 1 heterocycles. The maximum atomic E-state index is 10.7. The molecule has 0 radical (unpaired) electrons. The van der Waals surface area contributed by atoms with Crippen LogP contribution < -0.4 is 0 Å². The summed E-state index contributed by atoms with van der Waals surface area (Å²) in [5.41, 5.74) is 3.33. The number of rotatable bonds is 4. The van der Waals surface area contributed by atoms with Gasteiger partial charge >= 0.3 is 0 Å². The van der Waals surface area contributed by atoms with E-state index in [4.69, 9.17) is 0 Å². The minimum atomic E-state index is 0.770. The number of likely N-dealkylation sites (N-methyl/N-ethyl adjacent to an activating group) is 1. The fourth-order valence-corrected chi connectivity index (χ4v) is 2.47. The summed E-state index contributed by atoms with van der Waals surface area (Å²) in [6, 6.07) is 5.98. The standard InChI is InChI=1S/C15H22N2O/c1-3-16-6-8-17(9-7-16)11-15-5-4-14(12-18)10-13(15)2/h4-5,10,12H,3,6-9,11H2,1-2H3. The molecule has 0 bridgehead atoms. The van der Waals surface area contributed by atoms with E-state index >= 15 is 0 Å². The van der Waals surface area contributed by atoms with Crippen molar-refractivity contribution in [1.29, 1.82) is 0 Å². The van der Waals surface area contributed by atoms with Gasteiger partial charge in [0.2, 0.25) is 0 Å². The number of carbonyl (C=O) groups excluding carboxylic acids is 1. The minimum Gasteiger partial charge on any atom is -0.301 e. The quantitative estimate of drug-likeness (QED) is 0.759. The molecule has 3 heteroatoms. The van der Waals surface area contributed by atoms with Crippen molar-refractivity contribution < 1.29 is 4.79 Å². The van der Waals surface area contributed by atoms with Crippen LogP contribution in [0.1, 0.15) is 28.4 Å². The predicted octanol–water partition coefficient (Wildman–Crippen LogP) is 1.95.